The first kappa shape index (κ1) is 32.8. The molecular formula is C31H38ClN3O6S. The van der Waals surface area contributed by atoms with E-state index >= 15 is 0 Å². The lowest BCUT2D eigenvalue weighted by molar-refractivity contribution is -0.138. The summed E-state index contributed by atoms with van der Waals surface area (Å²) in [5, 5.41) is 3.29. The van der Waals surface area contributed by atoms with Crippen molar-refractivity contribution >= 4 is 39.1 Å². The number of sulfonamides is 1. The number of ether oxygens (including phenoxy) is 2. The smallest absolute Gasteiger partial charge is 0.264 e. The van der Waals surface area contributed by atoms with E-state index in [1.807, 2.05) is 37.3 Å². The van der Waals surface area contributed by atoms with Crippen molar-refractivity contribution in [2.75, 3.05) is 38.2 Å². The van der Waals surface area contributed by atoms with Crippen LogP contribution in [0.1, 0.15) is 32.3 Å². The Morgan fingerprint density at radius 3 is 2.24 bits per heavy atom. The van der Waals surface area contributed by atoms with E-state index in [0.717, 1.165) is 22.7 Å². The first-order valence-electron chi connectivity index (χ1n) is 13.7. The Balaban J connectivity index is 1.99. The number of benzene rings is 3. The maximum atomic E-state index is 14.0. The van der Waals surface area contributed by atoms with Crippen LogP contribution in [0.2, 0.25) is 5.02 Å². The highest BCUT2D eigenvalue weighted by Crippen LogP contribution is 2.32. The number of carbonyl (C=O) groups excluding carboxylic acids is 2. The number of nitrogens with one attached hydrogen (secondary N) is 1. The molecule has 1 atom stereocenters. The van der Waals surface area contributed by atoms with Crippen molar-refractivity contribution in [3.8, 4) is 11.5 Å². The summed E-state index contributed by atoms with van der Waals surface area (Å²) in [5.41, 5.74) is 1.23. The van der Waals surface area contributed by atoms with E-state index in [0.29, 0.717) is 23.7 Å². The number of hydrogen-bond donors (Lipinski definition) is 1. The van der Waals surface area contributed by atoms with Crippen molar-refractivity contribution < 1.29 is 27.5 Å². The molecule has 3 aromatic rings. The Morgan fingerprint density at radius 2 is 1.62 bits per heavy atom. The van der Waals surface area contributed by atoms with Gasteiger partial charge in [-0.2, -0.15) is 0 Å². The van der Waals surface area contributed by atoms with Crippen LogP contribution in [-0.4, -0.2) is 65.0 Å². The Labute approximate surface area is 253 Å². The normalized spacial score (nSPS) is 11.8. The number of rotatable bonds is 15. The maximum Gasteiger partial charge on any atom is 0.264 e. The third-order valence-corrected chi connectivity index (χ3v) is 8.84. The number of amides is 2. The van der Waals surface area contributed by atoms with Gasteiger partial charge in [-0.05, 0) is 61.7 Å². The van der Waals surface area contributed by atoms with E-state index in [-0.39, 0.29) is 28.8 Å². The van der Waals surface area contributed by atoms with Crippen LogP contribution in [0.25, 0.3) is 0 Å². The van der Waals surface area contributed by atoms with Crippen LogP contribution < -0.4 is 19.1 Å². The van der Waals surface area contributed by atoms with E-state index in [2.05, 4.69) is 5.32 Å². The minimum atomic E-state index is -4.28. The molecule has 0 fully saturated rings. The molecule has 9 nitrogen and oxygen atoms in total. The molecule has 0 heterocycles. The van der Waals surface area contributed by atoms with Gasteiger partial charge in [-0.15, -0.1) is 0 Å². The van der Waals surface area contributed by atoms with Crippen molar-refractivity contribution in [2.24, 2.45) is 0 Å². The molecule has 2 amide bonds. The standard InChI is InChI=1S/C31H38ClN3O6S/c1-5-6-19-33-31(37)23(2)34(20-18-24-10-8-7-9-11-24)30(36)22-35(26-14-12-25(32)13-15-26)42(38,39)27-16-17-28(40-3)29(21-27)41-4/h7-17,21,23H,5-6,18-20,22H2,1-4H3,(H,33,37). The van der Waals surface area contributed by atoms with Crippen molar-refractivity contribution in [1.82, 2.24) is 10.2 Å². The van der Waals surface area contributed by atoms with Crippen LogP contribution in [0.15, 0.2) is 77.7 Å². The molecule has 3 aromatic carbocycles. The Kier molecular flexibility index (Phi) is 12.1. The molecule has 1 N–H and O–H groups in total. The van der Waals surface area contributed by atoms with Crippen molar-refractivity contribution in [3.63, 3.8) is 0 Å². The van der Waals surface area contributed by atoms with Crippen LogP contribution in [0, 0.1) is 0 Å². The molecule has 3 rings (SSSR count). The fourth-order valence-corrected chi connectivity index (χ4v) is 5.90. The van der Waals surface area contributed by atoms with Crippen LogP contribution in [0.5, 0.6) is 11.5 Å². The summed E-state index contributed by atoms with van der Waals surface area (Å²) in [5.74, 6) is -0.239. The first-order valence-corrected chi connectivity index (χ1v) is 15.6. The molecule has 0 radical (unpaired) electrons. The third kappa shape index (κ3) is 8.39. The van der Waals surface area contributed by atoms with Gasteiger partial charge in [0.25, 0.3) is 10.0 Å². The van der Waals surface area contributed by atoms with E-state index in [1.165, 1.54) is 49.5 Å². The molecule has 1 unspecified atom stereocenters. The second-order valence-electron chi connectivity index (χ2n) is 9.65. The molecule has 0 saturated heterocycles. The fraction of sp³-hybridized carbons (Fsp3) is 0.355. The van der Waals surface area contributed by atoms with Gasteiger partial charge in [0.2, 0.25) is 11.8 Å². The number of carbonyl (C=O) groups is 2. The van der Waals surface area contributed by atoms with Crippen LogP contribution in [0.3, 0.4) is 0 Å². The monoisotopic (exact) mass is 615 g/mol. The fourth-order valence-electron chi connectivity index (χ4n) is 4.35. The Bertz CT molecular complexity index is 1430. The first-order chi connectivity index (χ1) is 20.1. The highest BCUT2D eigenvalue weighted by Gasteiger charge is 2.32. The summed E-state index contributed by atoms with van der Waals surface area (Å²) in [4.78, 5) is 28.3. The van der Waals surface area contributed by atoms with Crippen molar-refractivity contribution in [1.29, 1.82) is 0 Å². The zero-order valence-electron chi connectivity index (χ0n) is 24.4. The summed E-state index contributed by atoms with van der Waals surface area (Å²) in [6.45, 7) is 3.84. The zero-order chi connectivity index (χ0) is 30.7. The van der Waals surface area contributed by atoms with Gasteiger partial charge in [-0.25, -0.2) is 8.42 Å². The van der Waals surface area contributed by atoms with Gasteiger partial charge in [0, 0.05) is 24.2 Å². The van der Waals surface area contributed by atoms with E-state index in [1.54, 1.807) is 19.1 Å². The summed E-state index contributed by atoms with van der Waals surface area (Å²) in [6.07, 6.45) is 2.21. The number of unbranched alkanes of at least 4 members (excludes halogenated alkanes) is 1. The number of methoxy groups -OCH3 is 2. The second kappa shape index (κ2) is 15.5. The van der Waals surface area contributed by atoms with Gasteiger partial charge < -0.3 is 19.7 Å². The van der Waals surface area contributed by atoms with Gasteiger partial charge in [-0.3, -0.25) is 13.9 Å². The summed E-state index contributed by atoms with van der Waals surface area (Å²) in [7, 11) is -1.42. The molecule has 0 aliphatic rings. The van der Waals surface area contributed by atoms with Gasteiger partial charge in [0.05, 0.1) is 24.8 Å². The molecule has 0 aromatic heterocycles. The van der Waals surface area contributed by atoms with Gasteiger partial charge in [-0.1, -0.05) is 55.3 Å². The number of halogens is 1. The zero-order valence-corrected chi connectivity index (χ0v) is 26.0. The van der Waals surface area contributed by atoms with Gasteiger partial charge in [0.15, 0.2) is 11.5 Å². The highest BCUT2D eigenvalue weighted by molar-refractivity contribution is 7.92. The quantitative estimate of drug-likeness (QED) is 0.243. The minimum absolute atomic E-state index is 0.0934. The molecule has 0 spiro atoms. The third-order valence-electron chi connectivity index (χ3n) is 6.82. The number of anilines is 1. The molecule has 11 heteroatoms. The lowest BCUT2D eigenvalue weighted by atomic mass is 10.1. The SMILES string of the molecule is CCCCNC(=O)C(C)N(CCc1ccccc1)C(=O)CN(c1ccc(Cl)cc1)S(=O)(=O)c1ccc(OC)c(OC)c1. The predicted octanol–water partition coefficient (Wildman–Crippen LogP) is 4.93. The minimum Gasteiger partial charge on any atom is -0.493 e. The molecule has 0 aliphatic carbocycles. The lowest BCUT2D eigenvalue weighted by Crippen LogP contribution is -2.52. The lowest BCUT2D eigenvalue weighted by Gasteiger charge is -2.32. The largest absolute Gasteiger partial charge is 0.493 e. The molecule has 42 heavy (non-hydrogen) atoms. The predicted molar refractivity (Wildman–Crippen MR) is 165 cm³/mol. The Hall–Kier alpha value is -3.76. The highest BCUT2D eigenvalue weighted by atomic mass is 35.5. The molecular weight excluding hydrogens is 578 g/mol. The molecule has 0 bridgehead atoms. The van der Waals surface area contributed by atoms with E-state index in [4.69, 9.17) is 21.1 Å². The van der Waals surface area contributed by atoms with Gasteiger partial charge in [0.1, 0.15) is 12.6 Å². The van der Waals surface area contributed by atoms with Crippen LogP contribution in [0.4, 0.5) is 5.69 Å². The van der Waals surface area contributed by atoms with Crippen LogP contribution >= 0.6 is 11.6 Å². The molecule has 0 aliphatic heterocycles. The average molecular weight is 616 g/mol. The summed E-state index contributed by atoms with van der Waals surface area (Å²) < 4.78 is 39.7. The van der Waals surface area contributed by atoms with Crippen molar-refractivity contribution in [2.45, 2.75) is 44.0 Å². The molecule has 0 saturated carbocycles. The van der Waals surface area contributed by atoms with Crippen LogP contribution in [-0.2, 0) is 26.0 Å². The summed E-state index contributed by atoms with van der Waals surface area (Å²) in [6, 6.07) is 19.2. The molecule has 226 valence electrons. The van der Waals surface area contributed by atoms with E-state index < -0.39 is 28.5 Å². The van der Waals surface area contributed by atoms with Gasteiger partial charge >= 0.3 is 0 Å². The maximum absolute atomic E-state index is 14.0. The number of hydrogen-bond acceptors (Lipinski definition) is 6. The van der Waals surface area contributed by atoms with E-state index in [9.17, 15) is 18.0 Å². The second-order valence-corrected chi connectivity index (χ2v) is 11.9. The number of nitrogens with zero attached hydrogens (tertiary/aromatic N) is 2. The topological polar surface area (TPSA) is 105 Å². The summed E-state index contributed by atoms with van der Waals surface area (Å²) >= 11 is 6.09. The Morgan fingerprint density at radius 1 is 0.952 bits per heavy atom. The average Bonchev–Trinajstić information content (AvgIpc) is 3.00. The van der Waals surface area contributed by atoms with Crippen molar-refractivity contribution in [3.05, 3.63) is 83.4 Å².